The Morgan fingerprint density at radius 3 is 2.72 bits per heavy atom. The van der Waals surface area contributed by atoms with E-state index in [9.17, 15) is 0 Å². The van der Waals surface area contributed by atoms with Gasteiger partial charge < -0.3 is 10.1 Å². The summed E-state index contributed by atoms with van der Waals surface area (Å²) >= 11 is 8.99. The highest BCUT2D eigenvalue weighted by Crippen LogP contribution is 2.29. The van der Waals surface area contributed by atoms with Gasteiger partial charge in [0.2, 0.25) is 0 Å². The second-order valence-electron chi connectivity index (χ2n) is 5.00. The molecule has 0 radical (unpaired) electrons. The van der Waals surface area contributed by atoms with E-state index < -0.39 is 0 Å². The summed E-state index contributed by atoms with van der Waals surface area (Å²) in [6.45, 7) is 7.66. The molecule has 0 unspecified atom stereocenters. The lowest BCUT2D eigenvalue weighted by Crippen LogP contribution is -2.35. The Morgan fingerprint density at radius 2 is 2.11 bits per heavy atom. The Labute approximate surface area is 122 Å². The van der Waals surface area contributed by atoms with Gasteiger partial charge in [-0.05, 0) is 48.8 Å². The van der Waals surface area contributed by atoms with Gasteiger partial charge in [-0.1, -0.05) is 23.7 Å². The average Bonchev–Trinajstić information content (AvgIpc) is 2.28. The lowest BCUT2D eigenvalue weighted by molar-refractivity contribution is 0.350. The van der Waals surface area contributed by atoms with Gasteiger partial charge in [0.25, 0.3) is 0 Å². The maximum Gasteiger partial charge on any atom is 0.138 e. The smallest absolute Gasteiger partial charge is 0.138 e. The van der Waals surface area contributed by atoms with Crippen LogP contribution in [0.15, 0.2) is 34.3 Å². The van der Waals surface area contributed by atoms with Crippen LogP contribution in [0, 0.1) is 0 Å². The summed E-state index contributed by atoms with van der Waals surface area (Å²) < 4.78 is 6.67. The predicted octanol–water partition coefficient (Wildman–Crippen LogP) is 4.47. The van der Waals surface area contributed by atoms with E-state index in [0.29, 0.717) is 6.61 Å². The van der Waals surface area contributed by atoms with Gasteiger partial charge in [-0.25, -0.2) is 0 Å². The number of ether oxygens (including phenoxy) is 1. The molecule has 1 rings (SSSR count). The number of hydrogen-bond acceptors (Lipinski definition) is 2. The van der Waals surface area contributed by atoms with Crippen molar-refractivity contribution < 1.29 is 4.74 Å². The summed E-state index contributed by atoms with van der Waals surface area (Å²) in [6, 6.07) is 6.04. The second-order valence-corrected chi connectivity index (χ2v) is 6.11. The van der Waals surface area contributed by atoms with Crippen molar-refractivity contribution in [3.63, 3.8) is 0 Å². The van der Waals surface area contributed by atoms with E-state index in [1.807, 2.05) is 12.1 Å². The summed E-state index contributed by atoms with van der Waals surface area (Å²) in [7, 11) is 0. The van der Waals surface area contributed by atoms with Crippen molar-refractivity contribution in [1.29, 1.82) is 0 Å². The summed E-state index contributed by atoms with van der Waals surface area (Å²) in [6.07, 6.45) is 1.77. The molecule has 1 aromatic carbocycles. The van der Waals surface area contributed by atoms with E-state index in [1.165, 1.54) is 5.54 Å². The third-order valence-electron chi connectivity index (χ3n) is 2.27. The Bertz CT molecular complexity index is 413. The highest BCUT2D eigenvalue weighted by atomic mass is 79.9. The minimum Gasteiger partial charge on any atom is -0.488 e. The third kappa shape index (κ3) is 5.42. The molecule has 0 fully saturated rings. The minimum atomic E-state index is 0.0790. The van der Waals surface area contributed by atoms with Crippen molar-refractivity contribution in [1.82, 2.24) is 5.32 Å². The fraction of sp³-hybridized carbons (Fsp3) is 0.429. The molecule has 0 aliphatic carbocycles. The summed E-state index contributed by atoms with van der Waals surface area (Å²) in [4.78, 5) is 0. The van der Waals surface area contributed by atoms with Crippen molar-refractivity contribution in [3.8, 4) is 5.75 Å². The number of hydrogen-bond donors (Lipinski definition) is 1. The molecule has 1 N–H and O–H groups in total. The molecule has 0 aliphatic heterocycles. The van der Waals surface area contributed by atoms with Crippen molar-refractivity contribution in [2.45, 2.75) is 32.9 Å². The zero-order valence-electron chi connectivity index (χ0n) is 11.0. The molecule has 0 spiro atoms. The first-order valence-electron chi connectivity index (χ1n) is 5.84. The molecule has 0 bridgehead atoms. The molecule has 0 aromatic heterocycles. The second kappa shape index (κ2) is 7.17. The Kier molecular flexibility index (Phi) is 6.19. The van der Waals surface area contributed by atoms with E-state index in [1.54, 1.807) is 6.08 Å². The predicted molar refractivity (Wildman–Crippen MR) is 81.2 cm³/mol. The maximum atomic E-state index is 5.72. The van der Waals surface area contributed by atoms with E-state index in [-0.39, 0.29) is 5.54 Å². The SMILES string of the molecule is CC(C)(C)NCc1cccc(Br)c1OCC=CCl. The Hall–Kier alpha value is -0.510. The highest BCUT2D eigenvalue weighted by molar-refractivity contribution is 9.10. The zero-order valence-corrected chi connectivity index (χ0v) is 13.3. The third-order valence-corrected chi connectivity index (χ3v) is 3.07. The monoisotopic (exact) mass is 331 g/mol. The van der Waals surface area contributed by atoms with Crippen LogP contribution in [-0.2, 0) is 6.54 Å². The zero-order chi connectivity index (χ0) is 13.6. The van der Waals surface area contributed by atoms with E-state index in [2.05, 4.69) is 48.1 Å². The fourth-order valence-corrected chi connectivity index (χ4v) is 1.98. The Balaban J connectivity index is 2.79. The lowest BCUT2D eigenvalue weighted by atomic mass is 10.1. The number of para-hydroxylation sites is 1. The van der Waals surface area contributed by atoms with Crippen LogP contribution in [0.4, 0.5) is 0 Å². The van der Waals surface area contributed by atoms with E-state index >= 15 is 0 Å². The van der Waals surface area contributed by atoms with Crippen LogP contribution in [0.2, 0.25) is 0 Å². The van der Waals surface area contributed by atoms with Gasteiger partial charge in [0.05, 0.1) is 4.47 Å². The largest absolute Gasteiger partial charge is 0.488 e. The molecule has 4 heteroatoms. The molecule has 1 aromatic rings. The first-order valence-corrected chi connectivity index (χ1v) is 7.07. The number of benzene rings is 1. The fourth-order valence-electron chi connectivity index (χ4n) is 1.38. The lowest BCUT2D eigenvalue weighted by Gasteiger charge is -2.22. The maximum absolute atomic E-state index is 5.72. The first kappa shape index (κ1) is 15.5. The molecule has 100 valence electrons. The molecule has 0 atom stereocenters. The van der Waals surface area contributed by atoms with Crippen LogP contribution < -0.4 is 10.1 Å². The van der Waals surface area contributed by atoms with E-state index in [4.69, 9.17) is 16.3 Å². The molecule has 0 saturated heterocycles. The molecule has 2 nitrogen and oxygen atoms in total. The Morgan fingerprint density at radius 1 is 1.39 bits per heavy atom. The van der Waals surface area contributed by atoms with Crippen LogP contribution in [-0.4, -0.2) is 12.1 Å². The van der Waals surface area contributed by atoms with E-state index in [0.717, 1.165) is 22.3 Å². The van der Waals surface area contributed by atoms with Crippen molar-refractivity contribution in [3.05, 3.63) is 39.8 Å². The minimum absolute atomic E-state index is 0.0790. The number of nitrogens with one attached hydrogen (secondary N) is 1. The van der Waals surface area contributed by atoms with Crippen LogP contribution in [0.3, 0.4) is 0 Å². The van der Waals surface area contributed by atoms with Crippen LogP contribution in [0.5, 0.6) is 5.75 Å². The quantitative estimate of drug-likeness (QED) is 0.859. The molecular weight excluding hydrogens is 314 g/mol. The van der Waals surface area contributed by atoms with Gasteiger partial charge in [-0.15, -0.1) is 0 Å². The molecular formula is C14H19BrClNO. The van der Waals surface area contributed by atoms with Crippen LogP contribution in [0.1, 0.15) is 26.3 Å². The molecule has 18 heavy (non-hydrogen) atoms. The van der Waals surface area contributed by atoms with Crippen molar-refractivity contribution in [2.24, 2.45) is 0 Å². The molecule has 0 amide bonds. The van der Waals surface area contributed by atoms with Gasteiger partial charge in [-0.2, -0.15) is 0 Å². The topological polar surface area (TPSA) is 21.3 Å². The molecule has 0 saturated carbocycles. The van der Waals surface area contributed by atoms with Gasteiger partial charge in [-0.3, -0.25) is 0 Å². The standard InChI is InChI=1S/C14H19BrClNO/c1-14(2,3)17-10-11-6-4-7-12(15)13(11)18-9-5-8-16/h4-8,17H,9-10H2,1-3H3. The van der Waals surface area contributed by atoms with Gasteiger partial charge >= 0.3 is 0 Å². The van der Waals surface area contributed by atoms with Gasteiger partial charge in [0.1, 0.15) is 12.4 Å². The summed E-state index contributed by atoms with van der Waals surface area (Å²) in [5, 5.41) is 3.45. The average molecular weight is 333 g/mol. The summed E-state index contributed by atoms with van der Waals surface area (Å²) in [5.74, 6) is 0.865. The number of halogens is 2. The highest BCUT2D eigenvalue weighted by Gasteiger charge is 2.12. The van der Waals surface area contributed by atoms with Crippen LogP contribution in [0.25, 0.3) is 0 Å². The van der Waals surface area contributed by atoms with Crippen molar-refractivity contribution >= 4 is 27.5 Å². The molecule has 0 aliphatic rings. The van der Waals surface area contributed by atoms with Gasteiger partial charge in [0.15, 0.2) is 0 Å². The summed E-state index contributed by atoms with van der Waals surface area (Å²) in [5.41, 5.74) is 2.67. The molecule has 0 heterocycles. The normalized spacial score (nSPS) is 12.1. The van der Waals surface area contributed by atoms with Crippen molar-refractivity contribution in [2.75, 3.05) is 6.61 Å². The van der Waals surface area contributed by atoms with Gasteiger partial charge in [0, 0.05) is 23.2 Å². The first-order chi connectivity index (χ1) is 8.44. The van der Waals surface area contributed by atoms with Crippen LogP contribution >= 0.6 is 27.5 Å². The number of rotatable bonds is 5.